The molecule has 3 atom stereocenters. The van der Waals surface area contributed by atoms with Gasteiger partial charge < -0.3 is 30.7 Å². The predicted octanol–water partition coefficient (Wildman–Crippen LogP) is 1.48. The highest BCUT2D eigenvalue weighted by Crippen LogP contribution is 2.40. The second-order valence-electron chi connectivity index (χ2n) is 6.57. The minimum absolute atomic E-state index is 0.293. The zero-order valence-corrected chi connectivity index (χ0v) is 17.8. The van der Waals surface area contributed by atoms with Crippen LogP contribution in [0.25, 0.3) is 0 Å². The summed E-state index contributed by atoms with van der Waals surface area (Å²) >= 11 is 8.21. The number of aliphatic hydroxyl groups excluding tert-OH is 2. The largest absolute Gasteiger partial charge is 0.479 e. The molecule has 0 aliphatic carbocycles. The van der Waals surface area contributed by atoms with Crippen molar-refractivity contribution in [2.24, 2.45) is 0 Å². The van der Waals surface area contributed by atoms with E-state index in [0.29, 0.717) is 5.25 Å². The summed E-state index contributed by atoms with van der Waals surface area (Å²) in [5.74, 6) is -3.54. The highest BCUT2D eigenvalue weighted by molar-refractivity contribution is 7.99. The van der Waals surface area contributed by atoms with Crippen LogP contribution in [0.15, 0.2) is 29.7 Å². The van der Waals surface area contributed by atoms with Crippen LogP contribution in [0.2, 0.25) is 5.02 Å². The molecule has 1 aromatic heterocycles. The smallest absolute Gasteiger partial charge is 0.335 e. The van der Waals surface area contributed by atoms with Gasteiger partial charge in [0.25, 0.3) is 0 Å². The number of halogens is 1. The average molecular weight is 458 g/mol. The molecule has 164 valence electrons. The maximum atomic E-state index is 9.77. The van der Waals surface area contributed by atoms with Gasteiger partial charge in [0.2, 0.25) is 0 Å². The Morgan fingerprint density at radius 2 is 1.77 bits per heavy atom. The maximum Gasteiger partial charge on any atom is 0.335 e. The van der Waals surface area contributed by atoms with Crippen LogP contribution in [-0.2, 0) is 22.4 Å². The van der Waals surface area contributed by atoms with Crippen LogP contribution in [0.5, 0.6) is 0 Å². The summed E-state index contributed by atoms with van der Waals surface area (Å²) in [6.45, 7) is 4.28. The quantitative estimate of drug-likeness (QED) is 0.353. The number of fused-ring (bicyclic) bond motifs is 1. The van der Waals surface area contributed by atoms with E-state index in [9.17, 15) is 9.59 Å². The molecular formula is C19H24ClN3O6S. The van der Waals surface area contributed by atoms with Crippen LogP contribution in [0.3, 0.4) is 0 Å². The van der Waals surface area contributed by atoms with Gasteiger partial charge in [-0.15, -0.1) is 0 Å². The molecule has 0 saturated carbocycles. The molecule has 30 heavy (non-hydrogen) atoms. The van der Waals surface area contributed by atoms with Crippen LogP contribution in [-0.4, -0.2) is 67.6 Å². The van der Waals surface area contributed by atoms with Crippen molar-refractivity contribution in [3.05, 3.63) is 46.2 Å². The zero-order valence-electron chi connectivity index (χ0n) is 16.2. The van der Waals surface area contributed by atoms with E-state index in [2.05, 4.69) is 28.3 Å². The first-order chi connectivity index (χ1) is 14.2. The number of benzene rings is 1. The molecule has 0 radical (unpaired) electrons. The molecule has 1 unspecified atom stereocenters. The molecule has 0 amide bonds. The summed E-state index contributed by atoms with van der Waals surface area (Å²) in [6, 6.07) is 4.22. The van der Waals surface area contributed by atoms with Crippen molar-refractivity contribution in [3.63, 3.8) is 0 Å². The van der Waals surface area contributed by atoms with Crippen molar-refractivity contribution in [2.45, 2.75) is 42.4 Å². The number of aliphatic hydroxyl groups is 2. The molecule has 6 N–H and O–H groups in total. The van der Waals surface area contributed by atoms with E-state index in [1.54, 1.807) is 18.0 Å². The van der Waals surface area contributed by atoms with Gasteiger partial charge >= 0.3 is 11.9 Å². The minimum Gasteiger partial charge on any atom is -0.479 e. The van der Waals surface area contributed by atoms with Gasteiger partial charge in [-0.1, -0.05) is 29.4 Å². The monoisotopic (exact) mass is 457 g/mol. The Bertz CT molecular complexity index is 846. The number of H-pyrrole nitrogens is 1. The third kappa shape index (κ3) is 6.44. The number of rotatable bonds is 6. The number of carboxylic acid groups (broad SMARTS) is 2. The Morgan fingerprint density at radius 3 is 2.33 bits per heavy atom. The number of aromatic nitrogens is 2. The number of thioether (sulfide) groups is 1. The topological polar surface area (TPSA) is 156 Å². The molecule has 3 rings (SSSR count). The van der Waals surface area contributed by atoms with Crippen LogP contribution < -0.4 is 5.32 Å². The minimum atomic E-state index is -2.27. The average Bonchev–Trinajstić information content (AvgIpc) is 3.09. The number of carboxylic acids is 2. The van der Waals surface area contributed by atoms with Gasteiger partial charge in [-0.2, -0.15) is 0 Å². The fourth-order valence-electron chi connectivity index (χ4n) is 3.02. The van der Waals surface area contributed by atoms with E-state index in [0.717, 1.165) is 36.1 Å². The van der Waals surface area contributed by atoms with Gasteiger partial charge in [0.05, 0.1) is 0 Å². The molecule has 1 aliphatic rings. The SMILES string of the molecule is CC(Sc1ncc[nH]1)c1c(Cl)ccc2c1CCNCC2.O=C(O)[C@H](O)[C@@H](O)C(=O)O. The lowest BCUT2D eigenvalue weighted by atomic mass is 9.95. The van der Waals surface area contributed by atoms with Gasteiger partial charge in [-0.3, -0.25) is 0 Å². The lowest BCUT2D eigenvalue weighted by molar-refractivity contribution is -0.165. The Kier molecular flexibility index (Phi) is 9.12. The van der Waals surface area contributed by atoms with Gasteiger partial charge in [-0.05, 0) is 55.6 Å². The molecule has 1 aromatic carbocycles. The first kappa shape index (κ1) is 24.2. The summed E-state index contributed by atoms with van der Waals surface area (Å²) in [7, 11) is 0. The molecule has 11 heteroatoms. The number of nitrogens with zero attached hydrogens (tertiary/aromatic N) is 1. The predicted molar refractivity (Wildman–Crippen MR) is 112 cm³/mol. The molecular weight excluding hydrogens is 434 g/mol. The van der Waals surface area contributed by atoms with Crippen LogP contribution in [0.1, 0.15) is 28.9 Å². The normalized spacial score (nSPS) is 16.3. The number of nitrogens with one attached hydrogen (secondary N) is 2. The third-order valence-electron chi connectivity index (χ3n) is 4.50. The van der Waals surface area contributed by atoms with E-state index < -0.39 is 24.1 Å². The first-order valence-electron chi connectivity index (χ1n) is 9.21. The Hall–Kier alpha value is -2.11. The van der Waals surface area contributed by atoms with Gasteiger partial charge in [0.15, 0.2) is 17.4 Å². The fourth-order valence-corrected chi connectivity index (χ4v) is 4.41. The Morgan fingerprint density at radius 1 is 1.13 bits per heavy atom. The number of aliphatic carboxylic acids is 2. The molecule has 0 fully saturated rings. The van der Waals surface area contributed by atoms with Gasteiger partial charge in [0.1, 0.15) is 0 Å². The van der Waals surface area contributed by atoms with E-state index in [1.165, 1.54) is 16.7 Å². The van der Waals surface area contributed by atoms with Gasteiger partial charge in [0, 0.05) is 22.7 Å². The molecule has 9 nitrogen and oxygen atoms in total. The van der Waals surface area contributed by atoms with Crippen molar-refractivity contribution < 1.29 is 30.0 Å². The van der Waals surface area contributed by atoms with Crippen molar-refractivity contribution >= 4 is 35.3 Å². The van der Waals surface area contributed by atoms with Crippen molar-refractivity contribution in [3.8, 4) is 0 Å². The molecule has 2 heterocycles. The summed E-state index contributed by atoms with van der Waals surface area (Å²) < 4.78 is 0. The molecule has 0 bridgehead atoms. The third-order valence-corrected chi connectivity index (χ3v) is 5.86. The summed E-state index contributed by atoms with van der Waals surface area (Å²) in [6.07, 6.45) is 1.24. The number of hydrogen-bond donors (Lipinski definition) is 6. The second-order valence-corrected chi connectivity index (χ2v) is 8.31. The second kappa shape index (κ2) is 11.3. The molecule has 0 saturated heterocycles. The standard InChI is InChI=1S/C15H18ClN3S.C4H6O6/c1-10(20-15-18-8-9-19-15)14-12-5-7-17-6-4-11(12)2-3-13(14)16;5-1(3(7)8)2(6)4(9)10/h2-3,8-10,17H,4-7H2,1H3,(H,18,19);1-2,5-6H,(H,7,8)(H,9,10)/t;1-,2-/m.1/s1. The summed E-state index contributed by atoms with van der Waals surface area (Å²) in [5, 5.41) is 38.1. The molecule has 0 spiro atoms. The highest BCUT2D eigenvalue weighted by Gasteiger charge is 2.29. The molecule has 1 aliphatic heterocycles. The van der Waals surface area contributed by atoms with E-state index in [-0.39, 0.29) is 0 Å². The van der Waals surface area contributed by atoms with Crippen molar-refractivity contribution in [2.75, 3.05) is 13.1 Å². The van der Waals surface area contributed by atoms with E-state index in [1.807, 2.05) is 12.3 Å². The zero-order chi connectivity index (χ0) is 22.3. The number of hydrogen-bond acceptors (Lipinski definition) is 7. The Labute approximate surface area is 182 Å². The highest BCUT2D eigenvalue weighted by atomic mass is 35.5. The van der Waals surface area contributed by atoms with Crippen LogP contribution in [0.4, 0.5) is 0 Å². The summed E-state index contributed by atoms with van der Waals surface area (Å²) in [5.41, 5.74) is 4.13. The first-order valence-corrected chi connectivity index (χ1v) is 10.5. The number of imidazole rings is 1. The maximum absolute atomic E-state index is 9.77. The summed E-state index contributed by atoms with van der Waals surface area (Å²) in [4.78, 5) is 27.0. The van der Waals surface area contributed by atoms with Crippen molar-refractivity contribution in [1.82, 2.24) is 15.3 Å². The lowest BCUT2D eigenvalue weighted by Gasteiger charge is -2.19. The van der Waals surface area contributed by atoms with Gasteiger partial charge in [-0.25, -0.2) is 14.6 Å². The fraction of sp³-hybridized carbons (Fsp3) is 0.421. The van der Waals surface area contributed by atoms with E-state index in [4.69, 9.17) is 32.0 Å². The van der Waals surface area contributed by atoms with Crippen LogP contribution >= 0.6 is 23.4 Å². The Balaban J connectivity index is 0.000000274. The van der Waals surface area contributed by atoms with Crippen LogP contribution in [0, 0.1) is 0 Å². The number of carbonyl (C=O) groups is 2. The van der Waals surface area contributed by atoms with Crippen molar-refractivity contribution in [1.29, 1.82) is 0 Å². The lowest BCUT2D eigenvalue weighted by Crippen LogP contribution is -2.39. The number of aromatic amines is 1. The van der Waals surface area contributed by atoms with E-state index >= 15 is 0 Å². The molecule has 2 aromatic rings.